The van der Waals surface area contributed by atoms with Gasteiger partial charge in [0.25, 0.3) is 0 Å². The molecule has 1 saturated heterocycles. The van der Waals surface area contributed by atoms with E-state index in [0.717, 1.165) is 24.3 Å². The van der Waals surface area contributed by atoms with E-state index < -0.39 is 45.9 Å². The number of carbonyl (C=O) groups excluding carboxylic acids is 2. The number of anilines is 1. The summed E-state index contributed by atoms with van der Waals surface area (Å²) in [7, 11) is 0. The monoisotopic (exact) mass is 561 g/mol. The van der Waals surface area contributed by atoms with Crippen LogP contribution in [0, 0.1) is 0 Å². The first-order valence-electron chi connectivity index (χ1n) is 11.6. The van der Waals surface area contributed by atoms with Crippen molar-refractivity contribution in [1.82, 2.24) is 10.2 Å². The van der Waals surface area contributed by atoms with E-state index in [2.05, 4.69) is 10.6 Å². The van der Waals surface area contributed by atoms with Crippen molar-refractivity contribution in [1.29, 1.82) is 0 Å². The summed E-state index contributed by atoms with van der Waals surface area (Å²) in [4.78, 5) is 25.1. The average molecular weight is 562 g/mol. The third kappa shape index (κ3) is 7.90. The minimum atomic E-state index is -5.36. The van der Waals surface area contributed by atoms with Gasteiger partial charge in [-0.2, -0.15) is 26.3 Å². The summed E-state index contributed by atoms with van der Waals surface area (Å²) in [5, 5.41) is 5.11. The number of hydrogen-bond donors (Lipinski definition) is 2. The van der Waals surface area contributed by atoms with Crippen LogP contribution >= 0.6 is 11.8 Å². The third-order valence-electron chi connectivity index (χ3n) is 5.35. The Morgan fingerprint density at radius 1 is 1.03 bits per heavy atom. The van der Waals surface area contributed by atoms with Gasteiger partial charge >= 0.3 is 18.4 Å². The summed E-state index contributed by atoms with van der Waals surface area (Å²) in [5.74, 6) is -0.624. The maximum absolute atomic E-state index is 14.1. The first-order valence-corrected chi connectivity index (χ1v) is 12.4. The predicted octanol–water partition coefficient (Wildman–Crippen LogP) is 6.28. The van der Waals surface area contributed by atoms with Crippen LogP contribution in [0.4, 0.5) is 36.8 Å². The van der Waals surface area contributed by atoms with Crippen LogP contribution in [0.5, 0.6) is 0 Å². The Morgan fingerprint density at radius 2 is 1.71 bits per heavy atom. The van der Waals surface area contributed by atoms with E-state index in [1.807, 2.05) is 6.92 Å². The molecule has 0 aromatic heterocycles. The largest absolute Gasteiger partial charge is 0.418 e. The predicted molar refractivity (Wildman–Crippen MR) is 131 cm³/mol. The lowest BCUT2D eigenvalue weighted by atomic mass is 9.99. The number of halogens is 6. The van der Waals surface area contributed by atoms with Crippen LogP contribution in [0.1, 0.15) is 30.0 Å². The van der Waals surface area contributed by atoms with Crippen molar-refractivity contribution >= 4 is 35.5 Å². The third-order valence-corrected chi connectivity index (χ3v) is 6.40. The van der Waals surface area contributed by atoms with Gasteiger partial charge in [-0.3, -0.25) is 4.79 Å². The number of benzene rings is 2. The fourth-order valence-electron chi connectivity index (χ4n) is 3.64. The number of hydrogen-bond acceptors (Lipinski definition) is 4. The SMILES string of the molecule is CCCNC(=O)Nc1cccc(Sc2ccc(/C=C/C(=O)N3CCOCC3)c(C(F)(F)F)c2C(F)(F)F)c1. The Bertz CT molecular complexity index is 1180. The Morgan fingerprint density at radius 3 is 2.34 bits per heavy atom. The van der Waals surface area contributed by atoms with Gasteiger partial charge in [-0.25, -0.2) is 4.79 Å². The first kappa shape index (κ1) is 29.4. The molecule has 1 fully saturated rings. The second kappa shape index (κ2) is 12.6. The highest BCUT2D eigenvalue weighted by Gasteiger charge is 2.46. The molecule has 3 rings (SSSR count). The molecule has 3 amide bonds. The normalized spacial score (nSPS) is 14.6. The van der Waals surface area contributed by atoms with Gasteiger partial charge in [0.2, 0.25) is 5.91 Å². The van der Waals surface area contributed by atoms with Gasteiger partial charge in [-0.15, -0.1) is 0 Å². The van der Waals surface area contributed by atoms with Crippen LogP contribution in [0.3, 0.4) is 0 Å². The van der Waals surface area contributed by atoms with Gasteiger partial charge in [0.15, 0.2) is 0 Å². The van der Waals surface area contributed by atoms with Crippen LogP contribution in [0.25, 0.3) is 6.08 Å². The van der Waals surface area contributed by atoms with Gasteiger partial charge < -0.3 is 20.3 Å². The molecule has 0 bridgehead atoms. The number of nitrogens with one attached hydrogen (secondary N) is 2. The van der Waals surface area contributed by atoms with E-state index in [1.54, 1.807) is 0 Å². The molecule has 2 aromatic carbocycles. The first-order chi connectivity index (χ1) is 17.9. The number of alkyl halides is 6. The minimum Gasteiger partial charge on any atom is -0.378 e. The van der Waals surface area contributed by atoms with Crippen LogP contribution in [-0.2, 0) is 21.9 Å². The Hall–Kier alpha value is -3.19. The standard InChI is InChI=1S/C25H25F6N3O3S/c1-2-10-32-23(36)33-17-4-3-5-18(15-17)38-19-8-6-16(7-9-20(35)34-11-13-37-14-12-34)21(24(26,27)28)22(19)25(29,30)31/h3-9,15H,2,10-14H2,1H3,(H2,32,33,36)/b9-7+. The molecule has 0 radical (unpaired) electrons. The number of carbonyl (C=O) groups is 2. The number of ether oxygens (including phenoxy) is 1. The van der Waals surface area contributed by atoms with Gasteiger partial charge in [0, 0.05) is 41.2 Å². The van der Waals surface area contributed by atoms with Gasteiger partial charge in [0.05, 0.1) is 24.3 Å². The molecule has 1 aliphatic rings. The lowest BCUT2D eigenvalue weighted by Crippen LogP contribution is -2.39. The van der Waals surface area contributed by atoms with Crippen molar-refractivity contribution in [2.24, 2.45) is 0 Å². The maximum Gasteiger partial charge on any atom is 0.418 e. The zero-order chi connectivity index (χ0) is 27.9. The second-order valence-corrected chi connectivity index (χ2v) is 9.30. The highest BCUT2D eigenvalue weighted by Crippen LogP contribution is 2.48. The van der Waals surface area contributed by atoms with Crippen LogP contribution in [-0.4, -0.2) is 49.7 Å². The topological polar surface area (TPSA) is 70.7 Å². The molecule has 2 aromatic rings. The fourth-order valence-corrected chi connectivity index (χ4v) is 4.68. The van der Waals surface area contributed by atoms with Crippen molar-refractivity contribution in [3.63, 3.8) is 0 Å². The summed E-state index contributed by atoms with van der Waals surface area (Å²) in [6.45, 7) is 3.25. The zero-order valence-electron chi connectivity index (χ0n) is 20.2. The highest BCUT2D eigenvalue weighted by atomic mass is 32.2. The summed E-state index contributed by atoms with van der Waals surface area (Å²) < 4.78 is 89.5. The van der Waals surface area contributed by atoms with E-state index in [1.165, 1.54) is 29.2 Å². The Labute approximate surface area is 219 Å². The average Bonchev–Trinajstić information content (AvgIpc) is 2.85. The van der Waals surface area contributed by atoms with E-state index >= 15 is 0 Å². The summed E-state index contributed by atoms with van der Waals surface area (Å²) in [5.41, 5.74) is -4.25. The molecule has 0 atom stereocenters. The van der Waals surface area contributed by atoms with Crippen LogP contribution in [0.15, 0.2) is 52.3 Å². The number of nitrogens with zero attached hydrogens (tertiary/aromatic N) is 1. The van der Waals surface area contributed by atoms with Crippen molar-refractivity contribution in [2.75, 3.05) is 38.2 Å². The smallest absolute Gasteiger partial charge is 0.378 e. The molecule has 6 nitrogen and oxygen atoms in total. The lowest BCUT2D eigenvalue weighted by Gasteiger charge is -2.25. The Kier molecular flexibility index (Phi) is 9.71. The van der Waals surface area contributed by atoms with Gasteiger partial charge in [-0.05, 0) is 42.3 Å². The molecular formula is C25H25F6N3O3S. The minimum absolute atomic E-state index is 0.183. The molecule has 1 aliphatic heterocycles. The molecule has 0 spiro atoms. The number of rotatable bonds is 7. The van der Waals surface area contributed by atoms with E-state index in [4.69, 9.17) is 4.74 Å². The van der Waals surface area contributed by atoms with Crippen molar-refractivity contribution < 1.29 is 40.7 Å². The number of urea groups is 1. The molecule has 13 heteroatoms. The fraction of sp³-hybridized carbons (Fsp3) is 0.360. The second-order valence-electron chi connectivity index (χ2n) is 8.18. The van der Waals surface area contributed by atoms with Crippen molar-refractivity contribution in [2.45, 2.75) is 35.5 Å². The van der Waals surface area contributed by atoms with Crippen LogP contribution < -0.4 is 10.6 Å². The maximum atomic E-state index is 14.1. The van der Waals surface area contributed by atoms with E-state index in [-0.39, 0.29) is 36.9 Å². The molecule has 38 heavy (non-hydrogen) atoms. The molecule has 0 unspecified atom stereocenters. The zero-order valence-corrected chi connectivity index (χ0v) is 21.0. The van der Waals surface area contributed by atoms with Crippen LogP contribution in [0.2, 0.25) is 0 Å². The molecular weight excluding hydrogens is 536 g/mol. The van der Waals surface area contributed by atoms with Crippen molar-refractivity contribution in [3.05, 3.63) is 59.2 Å². The molecule has 0 aliphatic carbocycles. The summed E-state index contributed by atoms with van der Waals surface area (Å²) in [6, 6.07) is 7.07. The number of morpholine rings is 1. The lowest BCUT2D eigenvalue weighted by molar-refractivity contribution is -0.163. The summed E-state index contributed by atoms with van der Waals surface area (Å²) >= 11 is 0.481. The molecule has 206 valence electrons. The van der Waals surface area contributed by atoms with Gasteiger partial charge in [-0.1, -0.05) is 30.8 Å². The van der Waals surface area contributed by atoms with Crippen molar-refractivity contribution in [3.8, 4) is 0 Å². The summed E-state index contributed by atoms with van der Waals surface area (Å²) in [6.07, 6.45) is -8.42. The molecule has 0 saturated carbocycles. The quantitative estimate of drug-likeness (QED) is 0.309. The molecule has 1 heterocycles. The molecule has 2 N–H and O–H groups in total. The van der Waals surface area contributed by atoms with E-state index in [0.29, 0.717) is 24.7 Å². The Balaban J connectivity index is 1.97. The highest BCUT2D eigenvalue weighted by molar-refractivity contribution is 7.99. The van der Waals surface area contributed by atoms with Gasteiger partial charge in [0.1, 0.15) is 0 Å². The number of amides is 3. The van der Waals surface area contributed by atoms with E-state index in [9.17, 15) is 35.9 Å².